The molecule has 0 saturated heterocycles. The Morgan fingerprint density at radius 2 is 1.26 bits per heavy atom. The van der Waals surface area contributed by atoms with Gasteiger partial charge >= 0.3 is 23.9 Å². The summed E-state index contributed by atoms with van der Waals surface area (Å²) in [5.74, 6) is -2.30. The molecule has 23 heavy (non-hydrogen) atoms. The second kappa shape index (κ2) is 16.3. The van der Waals surface area contributed by atoms with E-state index in [0.717, 1.165) is 5.75 Å². The first-order valence-electron chi connectivity index (χ1n) is 6.18. The fourth-order valence-electron chi connectivity index (χ4n) is 0.771. The zero-order valence-corrected chi connectivity index (χ0v) is 13.5. The van der Waals surface area contributed by atoms with Gasteiger partial charge in [0.2, 0.25) is 0 Å². The van der Waals surface area contributed by atoms with Crippen LogP contribution < -0.4 is 22.9 Å². The van der Waals surface area contributed by atoms with Crippen molar-refractivity contribution in [1.82, 2.24) is 0 Å². The molecule has 0 heterocycles. The standard InChI is InChI=1S/C5H9NO4.C5H11NO2S.CH4N2O/c6-3(5(9)10)1-2-4(7)8;1-9-3-2-4(6)5(7)8;2-1(3)4/h3H,1-2,6H2,(H,7,8)(H,9,10);4H,2-3,6H2,1H3,(H,7,8);(H4,2,3,4)/t3-;4-;/m00./s1. The van der Waals surface area contributed by atoms with E-state index in [9.17, 15) is 14.4 Å². The number of hydrogen-bond donors (Lipinski definition) is 7. The first-order chi connectivity index (χ1) is 10.4. The molecule has 0 rings (SSSR count). The van der Waals surface area contributed by atoms with Gasteiger partial charge in [0.05, 0.1) is 0 Å². The Bertz CT molecular complexity index is 377. The van der Waals surface area contributed by atoms with Gasteiger partial charge in [0.1, 0.15) is 12.1 Å². The van der Waals surface area contributed by atoms with E-state index in [1.165, 1.54) is 0 Å². The Hall–Kier alpha value is -2.05. The van der Waals surface area contributed by atoms with Crippen molar-refractivity contribution >= 4 is 35.7 Å². The van der Waals surface area contributed by atoms with Crippen molar-refractivity contribution < 1.29 is 34.5 Å². The quantitative estimate of drug-likeness (QED) is 0.264. The normalized spacial score (nSPS) is 11.6. The molecule has 2 atom stereocenters. The van der Waals surface area contributed by atoms with E-state index in [4.69, 9.17) is 31.6 Å². The lowest BCUT2D eigenvalue weighted by Crippen LogP contribution is -2.30. The molecule has 0 aromatic heterocycles. The third kappa shape index (κ3) is 28.8. The van der Waals surface area contributed by atoms with Crippen LogP contribution in [0.3, 0.4) is 0 Å². The van der Waals surface area contributed by atoms with Crippen LogP contribution in [-0.2, 0) is 14.4 Å². The lowest BCUT2D eigenvalue weighted by Gasteiger charge is -2.02. The second-order valence-corrected chi connectivity index (χ2v) is 4.99. The summed E-state index contributed by atoms with van der Waals surface area (Å²) in [6.45, 7) is 0. The maximum atomic E-state index is 10.1. The minimum Gasteiger partial charge on any atom is -0.481 e. The van der Waals surface area contributed by atoms with Crippen molar-refractivity contribution in [2.75, 3.05) is 12.0 Å². The summed E-state index contributed by atoms with van der Waals surface area (Å²) < 4.78 is 0. The summed E-state index contributed by atoms with van der Waals surface area (Å²) in [7, 11) is 0. The van der Waals surface area contributed by atoms with Crippen molar-refractivity contribution in [2.24, 2.45) is 22.9 Å². The molecule has 136 valence electrons. The monoisotopic (exact) mass is 356 g/mol. The number of primary amides is 2. The van der Waals surface area contributed by atoms with Crippen LogP contribution in [0.15, 0.2) is 0 Å². The molecule has 11 nitrogen and oxygen atoms in total. The summed E-state index contributed by atoms with van der Waals surface area (Å²) in [6.07, 6.45) is 2.25. The summed E-state index contributed by atoms with van der Waals surface area (Å²) in [5.41, 5.74) is 18.7. The van der Waals surface area contributed by atoms with E-state index in [1.54, 1.807) is 11.8 Å². The summed E-state index contributed by atoms with van der Waals surface area (Å²) in [4.78, 5) is 38.9. The van der Waals surface area contributed by atoms with Crippen molar-refractivity contribution in [3.8, 4) is 0 Å². The van der Waals surface area contributed by atoms with Crippen molar-refractivity contribution in [1.29, 1.82) is 0 Å². The topological polar surface area (TPSA) is 233 Å². The summed E-state index contributed by atoms with van der Waals surface area (Å²) >= 11 is 1.60. The highest BCUT2D eigenvalue weighted by atomic mass is 32.2. The van der Waals surface area contributed by atoms with Gasteiger partial charge in [0.15, 0.2) is 0 Å². The number of carboxylic acids is 3. The molecule has 0 unspecified atom stereocenters. The first kappa shape index (κ1) is 25.9. The van der Waals surface area contributed by atoms with Crippen molar-refractivity contribution in [3.05, 3.63) is 0 Å². The van der Waals surface area contributed by atoms with Crippen LogP contribution in [0.2, 0.25) is 0 Å². The predicted molar refractivity (Wildman–Crippen MR) is 84.9 cm³/mol. The van der Waals surface area contributed by atoms with Crippen LogP contribution in [0.4, 0.5) is 4.79 Å². The Kier molecular flexibility index (Phi) is 18.4. The zero-order valence-electron chi connectivity index (χ0n) is 12.7. The van der Waals surface area contributed by atoms with E-state index in [1.807, 2.05) is 6.26 Å². The van der Waals surface area contributed by atoms with Gasteiger partial charge in [-0.1, -0.05) is 0 Å². The molecule has 0 radical (unpaired) electrons. The maximum absolute atomic E-state index is 10.1. The van der Waals surface area contributed by atoms with E-state index in [2.05, 4.69) is 11.5 Å². The zero-order chi connectivity index (χ0) is 19.0. The van der Waals surface area contributed by atoms with Crippen LogP contribution in [0.1, 0.15) is 19.3 Å². The van der Waals surface area contributed by atoms with E-state index < -0.39 is 36.0 Å². The van der Waals surface area contributed by atoms with E-state index in [0.29, 0.717) is 6.42 Å². The predicted octanol–water partition coefficient (Wildman–Crippen LogP) is -1.56. The smallest absolute Gasteiger partial charge is 0.320 e. The Morgan fingerprint density at radius 3 is 1.52 bits per heavy atom. The molecule has 0 saturated carbocycles. The highest BCUT2D eigenvalue weighted by Crippen LogP contribution is 1.97. The molecule has 0 aliphatic heterocycles. The van der Waals surface area contributed by atoms with Gasteiger partial charge in [-0.05, 0) is 24.9 Å². The molecule has 0 spiro atoms. The van der Waals surface area contributed by atoms with Crippen LogP contribution in [0, 0.1) is 0 Å². The molecule has 0 aromatic rings. The van der Waals surface area contributed by atoms with Crippen molar-refractivity contribution in [2.45, 2.75) is 31.3 Å². The fraction of sp³-hybridized carbons (Fsp3) is 0.636. The van der Waals surface area contributed by atoms with E-state index >= 15 is 0 Å². The minimum atomic E-state index is -1.17. The highest BCUT2D eigenvalue weighted by Gasteiger charge is 2.12. The summed E-state index contributed by atoms with van der Waals surface area (Å²) in [5, 5.41) is 24.5. The van der Waals surface area contributed by atoms with Gasteiger partial charge in [-0.3, -0.25) is 14.4 Å². The van der Waals surface area contributed by atoms with Gasteiger partial charge in [-0.25, -0.2) is 4.79 Å². The number of hydrogen-bond acceptors (Lipinski definition) is 7. The number of urea groups is 1. The van der Waals surface area contributed by atoms with Gasteiger partial charge in [-0.15, -0.1) is 0 Å². The Morgan fingerprint density at radius 1 is 0.913 bits per heavy atom. The number of nitrogens with two attached hydrogens (primary N) is 4. The number of carbonyl (C=O) groups excluding carboxylic acids is 1. The average Bonchev–Trinajstić information content (AvgIpc) is 2.41. The number of carbonyl (C=O) groups is 4. The van der Waals surface area contributed by atoms with Gasteiger partial charge in [-0.2, -0.15) is 11.8 Å². The van der Waals surface area contributed by atoms with Gasteiger partial charge < -0.3 is 38.3 Å². The molecule has 0 aromatic carbocycles. The third-order valence-electron chi connectivity index (χ3n) is 1.94. The number of aliphatic carboxylic acids is 3. The number of amides is 2. The molecule has 2 amide bonds. The van der Waals surface area contributed by atoms with Gasteiger partial charge in [0, 0.05) is 6.42 Å². The molecular weight excluding hydrogens is 332 g/mol. The molecule has 0 aliphatic carbocycles. The highest BCUT2D eigenvalue weighted by molar-refractivity contribution is 7.98. The lowest BCUT2D eigenvalue weighted by molar-refractivity contribution is -0.140. The SMILES string of the molecule is CSCC[C@H](N)C(=O)O.NC(N)=O.N[C@@H](CCC(=O)O)C(=O)O. The average molecular weight is 356 g/mol. The summed E-state index contributed by atoms with van der Waals surface area (Å²) in [6, 6.07) is -2.58. The molecule has 0 bridgehead atoms. The molecule has 0 aliphatic rings. The van der Waals surface area contributed by atoms with Gasteiger partial charge in [0.25, 0.3) is 0 Å². The largest absolute Gasteiger partial charge is 0.481 e. The second-order valence-electron chi connectivity index (χ2n) is 4.01. The van der Waals surface area contributed by atoms with E-state index in [-0.39, 0.29) is 12.8 Å². The Balaban J connectivity index is -0.000000284. The third-order valence-corrected chi connectivity index (χ3v) is 2.58. The number of carboxylic acid groups (broad SMARTS) is 3. The molecular formula is C11H24N4O7S. The Labute approximate surface area is 137 Å². The minimum absolute atomic E-state index is 0.0231. The first-order valence-corrected chi connectivity index (χ1v) is 7.57. The number of thioether (sulfide) groups is 1. The van der Waals surface area contributed by atoms with Crippen LogP contribution in [0.25, 0.3) is 0 Å². The van der Waals surface area contributed by atoms with Crippen LogP contribution in [0.5, 0.6) is 0 Å². The molecule has 11 N–H and O–H groups in total. The van der Waals surface area contributed by atoms with Crippen LogP contribution >= 0.6 is 11.8 Å². The lowest BCUT2D eigenvalue weighted by atomic mass is 10.2. The molecule has 0 fully saturated rings. The fourth-order valence-corrected chi connectivity index (χ4v) is 1.26. The van der Waals surface area contributed by atoms with Crippen molar-refractivity contribution in [3.63, 3.8) is 0 Å². The molecule has 12 heteroatoms. The maximum Gasteiger partial charge on any atom is 0.320 e. The number of rotatable bonds is 8. The van der Waals surface area contributed by atoms with Crippen LogP contribution in [-0.4, -0.2) is 63.4 Å².